The molecule has 2 N–H and O–H groups in total. The van der Waals surface area contributed by atoms with Crippen molar-refractivity contribution in [2.75, 3.05) is 0 Å². The third-order valence-electron chi connectivity index (χ3n) is 0. The van der Waals surface area contributed by atoms with E-state index in [0.717, 1.165) is 0 Å². The van der Waals surface area contributed by atoms with Crippen molar-refractivity contribution >= 4 is 9.90 Å². The van der Waals surface area contributed by atoms with Crippen LogP contribution in [0.25, 0.3) is 0 Å². The van der Waals surface area contributed by atoms with Gasteiger partial charge in [0.1, 0.15) is 0 Å². The Morgan fingerprint density at radius 2 is 1.00 bits per heavy atom. The zero-order valence-corrected chi connectivity index (χ0v) is 5.17. The van der Waals surface area contributed by atoms with Crippen molar-refractivity contribution in [1.82, 2.24) is 0 Å². The van der Waals surface area contributed by atoms with E-state index in [1.807, 2.05) is 0 Å². The van der Waals surface area contributed by atoms with Crippen LogP contribution in [0.1, 0.15) is 0 Å². The van der Waals surface area contributed by atoms with Gasteiger partial charge in [0.15, 0.2) is 0 Å². The van der Waals surface area contributed by atoms with Gasteiger partial charge < -0.3 is 5.48 Å². The van der Waals surface area contributed by atoms with Crippen molar-refractivity contribution in [3.63, 3.8) is 0 Å². The van der Waals surface area contributed by atoms with Crippen LogP contribution in [0.5, 0.6) is 0 Å². The maximum absolute atomic E-state index is 0. The zero-order chi connectivity index (χ0) is 0. The largest absolute Gasteiger partial charge is 0.412 e. The van der Waals surface area contributed by atoms with Crippen molar-refractivity contribution in [3.05, 3.63) is 0 Å². The van der Waals surface area contributed by atoms with E-state index >= 15 is 0 Å². The average Bonchev–Trinajstić information content (AvgIpc) is 0. The van der Waals surface area contributed by atoms with Crippen LogP contribution >= 0.6 is 9.90 Å². The van der Waals surface area contributed by atoms with Crippen LogP contribution in [0.2, 0.25) is 0 Å². The molecule has 0 spiro atoms. The molecule has 0 aromatic heterocycles. The van der Waals surface area contributed by atoms with E-state index in [1.165, 1.54) is 0 Å². The molecule has 0 saturated carbocycles. The smallest absolute Gasteiger partial charge is 0 e. The second kappa shape index (κ2) is 25.9. The topological polar surface area (TPSA) is 31.5 Å². The van der Waals surface area contributed by atoms with E-state index < -0.39 is 0 Å². The summed E-state index contributed by atoms with van der Waals surface area (Å²) in [7, 11) is 0. The molecular formula is H5CuNiOP. The second-order valence-corrected chi connectivity index (χ2v) is 0. The number of rotatable bonds is 0. The molecule has 1 radical (unpaired) electrons. The van der Waals surface area contributed by atoms with Gasteiger partial charge in [-0.15, -0.1) is 0 Å². The first kappa shape index (κ1) is 53.2. The van der Waals surface area contributed by atoms with Crippen LogP contribution in [0, 0.1) is 0 Å². The predicted octanol–water partition coefficient (Wildman–Crippen LogP) is -0.772. The molecular weight excluding hydrogens is 169 g/mol. The van der Waals surface area contributed by atoms with Gasteiger partial charge >= 0.3 is 0 Å². The molecule has 0 rings (SSSR count). The van der Waals surface area contributed by atoms with E-state index in [2.05, 4.69) is 0 Å². The molecule has 0 aromatic carbocycles. The first-order valence-electron chi connectivity index (χ1n) is 0. The minimum Gasteiger partial charge on any atom is -0.412 e. The van der Waals surface area contributed by atoms with E-state index in [-0.39, 0.29) is 48.9 Å². The fraction of sp³-hybridized carbons (Fsp3) is 0. The number of hydrogen-bond donors (Lipinski definition) is 0. The van der Waals surface area contributed by atoms with Gasteiger partial charge in [-0.1, -0.05) is 0 Å². The van der Waals surface area contributed by atoms with Gasteiger partial charge in [0, 0.05) is 33.6 Å². The summed E-state index contributed by atoms with van der Waals surface area (Å²) in [5.41, 5.74) is 0. The van der Waals surface area contributed by atoms with Crippen LogP contribution < -0.4 is 0 Å². The molecule has 0 bridgehead atoms. The Kier molecular flexibility index (Phi) is 345. The van der Waals surface area contributed by atoms with E-state index in [9.17, 15) is 0 Å². The molecule has 1 atom stereocenters. The van der Waals surface area contributed by atoms with E-state index in [1.54, 1.807) is 0 Å². The molecule has 4 heteroatoms. The van der Waals surface area contributed by atoms with Crippen molar-refractivity contribution < 1.29 is 39.0 Å². The summed E-state index contributed by atoms with van der Waals surface area (Å²) in [6.45, 7) is 0. The van der Waals surface area contributed by atoms with Gasteiger partial charge in [0.2, 0.25) is 0 Å². The Balaban J connectivity index is 0. The molecule has 0 aliphatic carbocycles. The third kappa shape index (κ3) is 9.98. The Morgan fingerprint density at radius 3 is 1.00 bits per heavy atom. The first-order valence-corrected chi connectivity index (χ1v) is 0. The minimum atomic E-state index is 0. The average molecular weight is 174 g/mol. The van der Waals surface area contributed by atoms with Gasteiger partial charge in [-0.05, 0) is 0 Å². The molecule has 0 amide bonds. The van der Waals surface area contributed by atoms with Crippen molar-refractivity contribution in [1.29, 1.82) is 0 Å². The van der Waals surface area contributed by atoms with Crippen LogP contribution in [0.15, 0.2) is 0 Å². The minimum absolute atomic E-state index is 0. The summed E-state index contributed by atoms with van der Waals surface area (Å²) in [6.07, 6.45) is 0. The fourth-order valence-electron chi connectivity index (χ4n) is 0. The molecule has 0 aromatic rings. The van der Waals surface area contributed by atoms with Crippen molar-refractivity contribution in [2.24, 2.45) is 0 Å². The third-order valence-corrected chi connectivity index (χ3v) is 0. The monoisotopic (exact) mass is 173 g/mol. The van der Waals surface area contributed by atoms with Crippen molar-refractivity contribution in [3.8, 4) is 0 Å². The van der Waals surface area contributed by atoms with Gasteiger partial charge in [-0.25, -0.2) is 0 Å². The molecule has 0 fully saturated rings. The van der Waals surface area contributed by atoms with E-state index in [4.69, 9.17) is 0 Å². The predicted molar refractivity (Wildman–Crippen MR) is 14.7 cm³/mol. The maximum atomic E-state index is 0. The summed E-state index contributed by atoms with van der Waals surface area (Å²) in [5, 5.41) is 0. The second-order valence-electron chi connectivity index (χ2n) is 0. The molecule has 0 aliphatic rings. The Morgan fingerprint density at radius 1 is 1.00 bits per heavy atom. The Hall–Kier alpha value is 1.40. The van der Waals surface area contributed by atoms with Crippen LogP contribution in [-0.4, -0.2) is 5.48 Å². The zero-order valence-electron chi connectivity index (χ0n) is 1.82. The molecule has 4 heavy (non-hydrogen) atoms. The summed E-state index contributed by atoms with van der Waals surface area (Å²) < 4.78 is 0. The SMILES string of the molecule is O.P.[Cu].[Ni]. The summed E-state index contributed by atoms with van der Waals surface area (Å²) >= 11 is 0. The molecule has 0 heterocycles. The summed E-state index contributed by atoms with van der Waals surface area (Å²) in [5.74, 6) is 0. The summed E-state index contributed by atoms with van der Waals surface area (Å²) in [4.78, 5) is 0. The van der Waals surface area contributed by atoms with Gasteiger partial charge in [-0.3, -0.25) is 0 Å². The maximum Gasteiger partial charge on any atom is 0 e. The standard InChI is InChI=1S/Cu.Ni.H2O.H3P/h;;1H2;1H3. The van der Waals surface area contributed by atoms with Crippen LogP contribution in [0.4, 0.5) is 0 Å². The fourth-order valence-corrected chi connectivity index (χ4v) is 0. The molecule has 1 unspecified atom stereocenters. The molecule has 0 aliphatic heterocycles. The first-order chi connectivity index (χ1) is 0. The quantitative estimate of drug-likeness (QED) is 0.341. The molecule has 37 valence electrons. The normalized spacial score (nSPS) is 0. The van der Waals surface area contributed by atoms with Gasteiger partial charge in [0.25, 0.3) is 0 Å². The van der Waals surface area contributed by atoms with Gasteiger partial charge in [0.05, 0.1) is 0 Å². The number of hydrogen-bond acceptors (Lipinski definition) is 0. The Bertz CT molecular complexity index is 8.00. The van der Waals surface area contributed by atoms with Crippen LogP contribution in [-0.2, 0) is 33.6 Å². The van der Waals surface area contributed by atoms with Crippen LogP contribution in [0.3, 0.4) is 0 Å². The van der Waals surface area contributed by atoms with Gasteiger partial charge in [-0.2, -0.15) is 9.90 Å². The van der Waals surface area contributed by atoms with Crippen molar-refractivity contribution in [2.45, 2.75) is 0 Å². The van der Waals surface area contributed by atoms with E-state index in [0.29, 0.717) is 0 Å². The molecule has 0 saturated heterocycles. The summed E-state index contributed by atoms with van der Waals surface area (Å²) in [6, 6.07) is 0. The Labute approximate surface area is 49.2 Å². The molecule has 1 nitrogen and oxygen atoms in total.